The molecule has 31 heavy (non-hydrogen) atoms. The Kier molecular flexibility index (Phi) is 5.55. The van der Waals surface area contributed by atoms with Crippen LogP contribution in [0.2, 0.25) is 0 Å². The number of methoxy groups -OCH3 is 1. The number of aromatic nitrogens is 4. The molecule has 3 heterocycles. The molecule has 0 fully saturated rings. The van der Waals surface area contributed by atoms with Crippen molar-refractivity contribution in [3.63, 3.8) is 0 Å². The van der Waals surface area contributed by atoms with Gasteiger partial charge in [0.1, 0.15) is 34.9 Å². The average Bonchev–Trinajstić information content (AvgIpc) is 3.37. The molecule has 3 aromatic heterocycles. The smallest absolute Gasteiger partial charge is 0.255 e. The first-order valence-electron chi connectivity index (χ1n) is 9.59. The summed E-state index contributed by atoms with van der Waals surface area (Å²) < 4.78 is 20.4. The maximum absolute atomic E-state index is 13.6. The Morgan fingerprint density at radius 1 is 1.32 bits per heavy atom. The molecule has 0 spiro atoms. The van der Waals surface area contributed by atoms with Crippen LogP contribution in [0, 0.1) is 5.82 Å². The second kappa shape index (κ2) is 8.31. The predicted molar refractivity (Wildman–Crippen MR) is 117 cm³/mol. The average molecular weight is 441 g/mol. The molecule has 1 amide bonds. The number of hydrogen-bond acceptors (Lipinski definition) is 7. The number of rotatable bonds is 6. The Bertz CT molecular complexity index is 1270. The molecule has 0 unspecified atom stereocenters. The lowest BCUT2D eigenvalue weighted by atomic mass is 10.2. The van der Waals surface area contributed by atoms with E-state index in [1.54, 1.807) is 4.52 Å². The van der Waals surface area contributed by atoms with Crippen molar-refractivity contribution in [1.82, 2.24) is 24.9 Å². The molecular formula is C21H21FN6O2S. The fourth-order valence-corrected chi connectivity index (χ4v) is 4.18. The molecule has 0 aliphatic carbocycles. The fourth-order valence-electron chi connectivity index (χ4n) is 3.24. The van der Waals surface area contributed by atoms with Gasteiger partial charge in [-0.2, -0.15) is 5.10 Å². The molecule has 8 nitrogen and oxygen atoms in total. The summed E-state index contributed by atoms with van der Waals surface area (Å²) in [6, 6.07) is 7.66. The summed E-state index contributed by atoms with van der Waals surface area (Å²) >= 11 is 1.48. The van der Waals surface area contributed by atoms with E-state index in [4.69, 9.17) is 15.5 Å². The lowest BCUT2D eigenvalue weighted by Gasteiger charge is -2.08. The SMILES string of the molecule is COc1ccc(F)cc1C(=O)NCc1ccc(-c2nc(C(C)C)n3ncnc(N)c23)s1. The molecule has 0 bridgehead atoms. The number of halogens is 1. The quantitative estimate of drug-likeness (QED) is 0.474. The Morgan fingerprint density at radius 2 is 2.13 bits per heavy atom. The third-order valence-electron chi connectivity index (χ3n) is 4.73. The van der Waals surface area contributed by atoms with Crippen molar-refractivity contribution in [2.24, 2.45) is 0 Å². The number of nitrogens with two attached hydrogens (primary N) is 1. The Balaban J connectivity index is 1.59. The zero-order chi connectivity index (χ0) is 22.1. The number of benzene rings is 1. The summed E-state index contributed by atoms with van der Waals surface area (Å²) in [6.45, 7) is 4.35. The van der Waals surface area contributed by atoms with Gasteiger partial charge < -0.3 is 15.8 Å². The minimum atomic E-state index is -0.503. The fraction of sp³-hybridized carbons (Fsp3) is 0.238. The van der Waals surface area contributed by atoms with E-state index in [0.29, 0.717) is 22.8 Å². The minimum Gasteiger partial charge on any atom is -0.496 e. The maximum Gasteiger partial charge on any atom is 0.255 e. The van der Waals surface area contributed by atoms with E-state index in [9.17, 15) is 9.18 Å². The number of carbonyl (C=O) groups excluding carboxylic acids is 1. The predicted octanol–water partition coefficient (Wildman–Crippen LogP) is 3.64. The molecule has 4 aromatic rings. The van der Waals surface area contributed by atoms with Crippen molar-refractivity contribution in [2.45, 2.75) is 26.3 Å². The molecular weight excluding hydrogens is 419 g/mol. The molecule has 10 heteroatoms. The summed E-state index contributed by atoms with van der Waals surface area (Å²) in [4.78, 5) is 23.2. The third kappa shape index (κ3) is 3.93. The number of anilines is 1. The molecule has 3 N–H and O–H groups in total. The van der Waals surface area contributed by atoms with Crippen LogP contribution in [-0.4, -0.2) is 32.6 Å². The van der Waals surface area contributed by atoms with Crippen LogP contribution in [0.25, 0.3) is 16.1 Å². The summed E-state index contributed by atoms with van der Waals surface area (Å²) in [7, 11) is 1.44. The van der Waals surface area contributed by atoms with Gasteiger partial charge in [0.05, 0.1) is 24.1 Å². The number of nitrogens with zero attached hydrogens (tertiary/aromatic N) is 4. The first-order valence-corrected chi connectivity index (χ1v) is 10.4. The number of amides is 1. The number of hydrogen-bond donors (Lipinski definition) is 2. The van der Waals surface area contributed by atoms with Crippen molar-refractivity contribution in [2.75, 3.05) is 12.8 Å². The zero-order valence-electron chi connectivity index (χ0n) is 17.2. The summed E-state index contributed by atoms with van der Waals surface area (Å²) in [5, 5.41) is 7.10. The highest BCUT2D eigenvalue weighted by atomic mass is 32.1. The van der Waals surface area contributed by atoms with Crippen molar-refractivity contribution in [3.8, 4) is 16.3 Å². The second-order valence-corrected chi connectivity index (χ2v) is 8.34. The Hall–Kier alpha value is -3.53. The number of thiophene rings is 1. The van der Waals surface area contributed by atoms with Crippen molar-refractivity contribution < 1.29 is 13.9 Å². The molecule has 0 aliphatic heterocycles. The highest BCUT2D eigenvalue weighted by Crippen LogP contribution is 2.34. The maximum atomic E-state index is 13.6. The van der Waals surface area contributed by atoms with Crippen LogP contribution in [0.5, 0.6) is 5.75 Å². The van der Waals surface area contributed by atoms with Crippen LogP contribution in [-0.2, 0) is 6.54 Å². The zero-order valence-corrected chi connectivity index (χ0v) is 18.0. The normalized spacial score (nSPS) is 11.3. The van der Waals surface area contributed by atoms with E-state index in [-0.39, 0.29) is 18.0 Å². The first-order chi connectivity index (χ1) is 14.9. The van der Waals surface area contributed by atoms with Crippen molar-refractivity contribution >= 4 is 28.6 Å². The molecule has 0 saturated heterocycles. The lowest BCUT2D eigenvalue weighted by Crippen LogP contribution is -2.23. The lowest BCUT2D eigenvalue weighted by molar-refractivity contribution is 0.0947. The first kappa shape index (κ1) is 20.7. The molecule has 4 rings (SSSR count). The standard InChI is InChI=1S/C21H21FN6O2S/c1-11(2)20-27-17(18-19(23)25-10-26-28(18)20)16-7-5-13(31-16)9-24-21(29)14-8-12(22)4-6-15(14)30-3/h4-8,10-11H,9H2,1-3H3,(H,24,29)(H2,23,25,26). The van der Waals surface area contributed by atoms with Crippen LogP contribution in [0.3, 0.4) is 0 Å². The van der Waals surface area contributed by atoms with Crippen LogP contribution < -0.4 is 15.8 Å². The number of nitrogen functional groups attached to an aromatic ring is 1. The minimum absolute atomic E-state index is 0.144. The van der Waals surface area contributed by atoms with E-state index in [1.165, 1.54) is 36.9 Å². The number of ether oxygens (including phenoxy) is 1. The van der Waals surface area contributed by atoms with E-state index < -0.39 is 11.7 Å². The number of carbonyl (C=O) groups is 1. The molecule has 0 saturated carbocycles. The van der Waals surface area contributed by atoms with Gasteiger partial charge in [0.2, 0.25) is 0 Å². The molecule has 160 valence electrons. The van der Waals surface area contributed by atoms with Crippen LogP contribution >= 0.6 is 11.3 Å². The number of nitrogens with one attached hydrogen (secondary N) is 1. The van der Waals surface area contributed by atoms with E-state index in [0.717, 1.165) is 21.6 Å². The van der Waals surface area contributed by atoms with E-state index in [2.05, 4.69) is 15.4 Å². The third-order valence-corrected chi connectivity index (χ3v) is 5.82. The van der Waals surface area contributed by atoms with E-state index >= 15 is 0 Å². The van der Waals surface area contributed by atoms with Crippen molar-refractivity contribution in [3.05, 3.63) is 58.7 Å². The van der Waals surface area contributed by atoms with Gasteiger partial charge in [-0.15, -0.1) is 11.3 Å². The Morgan fingerprint density at radius 3 is 2.87 bits per heavy atom. The highest BCUT2D eigenvalue weighted by Gasteiger charge is 2.20. The summed E-state index contributed by atoms with van der Waals surface area (Å²) in [6.07, 6.45) is 1.41. The van der Waals surface area contributed by atoms with Crippen LogP contribution in [0.1, 0.15) is 40.8 Å². The van der Waals surface area contributed by atoms with Gasteiger partial charge in [-0.25, -0.2) is 18.9 Å². The number of fused-ring (bicyclic) bond motifs is 1. The Labute approximate surface area is 181 Å². The van der Waals surface area contributed by atoms with Crippen LogP contribution in [0.15, 0.2) is 36.7 Å². The van der Waals surface area contributed by atoms with Gasteiger partial charge in [0, 0.05) is 10.8 Å². The molecule has 0 radical (unpaired) electrons. The summed E-state index contributed by atoms with van der Waals surface area (Å²) in [5.41, 5.74) is 7.62. The number of imidazole rings is 1. The van der Waals surface area contributed by atoms with Gasteiger partial charge in [-0.1, -0.05) is 13.8 Å². The largest absolute Gasteiger partial charge is 0.496 e. The van der Waals surface area contributed by atoms with Crippen LogP contribution in [0.4, 0.5) is 10.2 Å². The molecule has 0 aliphatic rings. The highest BCUT2D eigenvalue weighted by molar-refractivity contribution is 7.15. The van der Waals surface area contributed by atoms with Crippen molar-refractivity contribution in [1.29, 1.82) is 0 Å². The van der Waals surface area contributed by atoms with E-state index in [1.807, 2.05) is 26.0 Å². The molecule has 0 atom stereocenters. The van der Waals surface area contributed by atoms with Gasteiger partial charge >= 0.3 is 0 Å². The topological polar surface area (TPSA) is 107 Å². The van der Waals surface area contributed by atoms with Gasteiger partial charge in [-0.05, 0) is 30.3 Å². The second-order valence-electron chi connectivity index (χ2n) is 7.17. The van der Waals surface area contributed by atoms with Gasteiger partial charge in [-0.3, -0.25) is 4.79 Å². The van der Waals surface area contributed by atoms with Gasteiger partial charge in [0.15, 0.2) is 5.82 Å². The van der Waals surface area contributed by atoms with Gasteiger partial charge in [0.25, 0.3) is 5.91 Å². The summed E-state index contributed by atoms with van der Waals surface area (Å²) in [5.74, 6) is 0.684. The molecule has 1 aromatic carbocycles. The monoisotopic (exact) mass is 440 g/mol.